The van der Waals surface area contributed by atoms with Gasteiger partial charge in [-0.05, 0) is 58.9 Å². The van der Waals surface area contributed by atoms with Crippen LogP contribution < -0.4 is 4.74 Å². The number of fused-ring (bicyclic) bond motifs is 1. The highest BCUT2D eigenvalue weighted by Gasteiger charge is 2.23. The van der Waals surface area contributed by atoms with Crippen molar-refractivity contribution in [2.24, 2.45) is 0 Å². The third kappa shape index (κ3) is 4.25. The Morgan fingerprint density at radius 1 is 1.23 bits per heavy atom. The van der Waals surface area contributed by atoms with Crippen LogP contribution in [0.15, 0.2) is 24.3 Å². The van der Waals surface area contributed by atoms with Crippen LogP contribution in [0.25, 0.3) is 17.0 Å². The van der Waals surface area contributed by atoms with Gasteiger partial charge in [-0.15, -0.1) is 0 Å². The molecule has 1 aromatic heterocycles. The Kier molecular flexibility index (Phi) is 5.75. The van der Waals surface area contributed by atoms with Gasteiger partial charge < -0.3 is 14.2 Å². The van der Waals surface area contributed by atoms with Crippen molar-refractivity contribution < 1.29 is 23.8 Å². The summed E-state index contributed by atoms with van der Waals surface area (Å²) in [6.07, 6.45) is 2.53. The Bertz CT molecular complexity index is 855. The van der Waals surface area contributed by atoms with Crippen LogP contribution in [0.2, 0.25) is 0 Å². The lowest BCUT2D eigenvalue weighted by atomic mass is 10.1. The van der Waals surface area contributed by atoms with Gasteiger partial charge in [0.05, 0.1) is 19.2 Å². The summed E-state index contributed by atoms with van der Waals surface area (Å²) in [6, 6.07) is 5.41. The molecule has 0 aliphatic rings. The number of aromatic nitrogens is 1. The highest BCUT2D eigenvalue weighted by Crippen LogP contribution is 2.31. The van der Waals surface area contributed by atoms with Crippen LogP contribution in [0.5, 0.6) is 5.75 Å². The van der Waals surface area contributed by atoms with E-state index in [0.717, 1.165) is 10.9 Å². The van der Waals surface area contributed by atoms with E-state index in [4.69, 9.17) is 14.2 Å². The highest BCUT2D eigenvalue weighted by atomic mass is 16.6. The van der Waals surface area contributed by atoms with E-state index in [-0.39, 0.29) is 0 Å². The fourth-order valence-electron chi connectivity index (χ4n) is 2.64. The van der Waals surface area contributed by atoms with E-state index in [1.54, 1.807) is 39.2 Å². The van der Waals surface area contributed by atoms with Gasteiger partial charge in [-0.3, -0.25) is 0 Å². The number of rotatable bonds is 4. The van der Waals surface area contributed by atoms with E-state index in [1.807, 2.05) is 26.8 Å². The van der Waals surface area contributed by atoms with Crippen molar-refractivity contribution in [3.05, 3.63) is 35.5 Å². The molecule has 1 aromatic carbocycles. The van der Waals surface area contributed by atoms with Gasteiger partial charge in [-0.25, -0.2) is 14.2 Å². The molecule has 6 heteroatoms. The Hall–Kier alpha value is -2.76. The molecule has 140 valence electrons. The van der Waals surface area contributed by atoms with Crippen molar-refractivity contribution in [2.45, 2.75) is 40.2 Å². The molecule has 0 fully saturated rings. The third-order valence-electron chi connectivity index (χ3n) is 3.71. The summed E-state index contributed by atoms with van der Waals surface area (Å²) in [6.45, 7) is 9.30. The normalized spacial score (nSPS) is 11.8. The zero-order valence-electron chi connectivity index (χ0n) is 16.1. The van der Waals surface area contributed by atoms with Crippen LogP contribution in [0.3, 0.4) is 0 Å². The first-order chi connectivity index (χ1) is 12.2. The minimum Gasteiger partial charge on any atom is -0.497 e. The number of esters is 1. The van der Waals surface area contributed by atoms with Gasteiger partial charge in [0.25, 0.3) is 0 Å². The second-order valence-corrected chi connectivity index (χ2v) is 6.78. The monoisotopic (exact) mass is 359 g/mol. The second kappa shape index (κ2) is 7.64. The van der Waals surface area contributed by atoms with E-state index in [2.05, 4.69) is 0 Å². The van der Waals surface area contributed by atoms with Gasteiger partial charge in [0.1, 0.15) is 11.4 Å². The fourth-order valence-corrected chi connectivity index (χ4v) is 2.64. The molecule has 2 aromatic rings. The highest BCUT2D eigenvalue weighted by molar-refractivity contribution is 6.00. The zero-order chi connectivity index (χ0) is 19.5. The molecule has 0 spiro atoms. The van der Waals surface area contributed by atoms with Crippen molar-refractivity contribution in [3.63, 3.8) is 0 Å². The van der Waals surface area contributed by atoms with Gasteiger partial charge in [0.15, 0.2) is 0 Å². The second-order valence-electron chi connectivity index (χ2n) is 6.78. The summed E-state index contributed by atoms with van der Waals surface area (Å²) in [5.74, 6) is 0.220. The minimum atomic E-state index is -0.618. The maximum atomic E-state index is 12.7. The van der Waals surface area contributed by atoms with Crippen LogP contribution in [0, 0.1) is 6.92 Å². The molecule has 1 heterocycles. The quantitative estimate of drug-likeness (QED) is 0.601. The lowest BCUT2D eigenvalue weighted by Gasteiger charge is -2.20. The van der Waals surface area contributed by atoms with Gasteiger partial charge in [-0.1, -0.05) is 0 Å². The Balaban J connectivity index is 2.61. The van der Waals surface area contributed by atoms with E-state index < -0.39 is 17.7 Å². The Labute approximate surface area is 153 Å². The summed E-state index contributed by atoms with van der Waals surface area (Å²) in [4.78, 5) is 24.4. The third-order valence-corrected chi connectivity index (χ3v) is 3.71. The number of carbonyl (C=O) groups excluding carboxylic acids is 2. The van der Waals surface area contributed by atoms with Crippen molar-refractivity contribution in [3.8, 4) is 5.75 Å². The van der Waals surface area contributed by atoms with Gasteiger partial charge in [0.2, 0.25) is 0 Å². The molecule has 0 atom stereocenters. The molecule has 0 radical (unpaired) electrons. The average Bonchev–Trinajstić information content (AvgIpc) is 2.82. The van der Waals surface area contributed by atoms with Gasteiger partial charge >= 0.3 is 12.1 Å². The predicted molar refractivity (Wildman–Crippen MR) is 101 cm³/mol. The molecule has 0 aliphatic carbocycles. The number of nitrogens with zero attached hydrogens (tertiary/aromatic N) is 1. The Morgan fingerprint density at radius 2 is 1.92 bits per heavy atom. The molecule has 0 saturated heterocycles. The minimum absolute atomic E-state index is 0.301. The smallest absolute Gasteiger partial charge is 0.419 e. The molecule has 6 nitrogen and oxygen atoms in total. The van der Waals surface area contributed by atoms with Crippen LogP contribution in [0.4, 0.5) is 4.79 Å². The molecular formula is C20H25NO5. The standard InChI is InChI=1S/C20H25NO5/c1-7-25-18(22)11-9-15-13(2)21(19(23)26-20(3,4)5)17-10-8-14(24-6)12-16(15)17/h8-12H,7H2,1-6H3/b11-9+. The van der Waals surface area contributed by atoms with Crippen LogP contribution in [-0.4, -0.2) is 35.9 Å². The van der Waals surface area contributed by atoms with Crippen LogP contribution in [-0.2, 0) is 14.3 Å². The Morgan fingerprint density at radius 3 is 2.50 bits per heavy atom. The molecule has 0 amide bonds. The van der Waals surface area contributed by atoms with Crippen molar-refractivity contribution >= 4 is 29.0 Å². The summed E-state index contributed by atoms with van der Waals surface area (Å²) in [7, 11) is 1.58. The van der Waals surface area contributed by atoms with Crippen molar-refractivity contribution in [1.29, 1.82) is 0 Å². The van der Waals surface area contributed by atoms with Gasteiger partial charge in [-0.2, -0.15) is 0 Å². The summed E-state index contributed by atoms with van der Waals surface area (Å²) in [5, 5.41) is 0.785. The summed E-state index contributed by atoms with van der Waals surface area (Å²) < 4.78 is 17.3. The molecule has 2 rings (SSSR count). The van der Waals surface area contributed by atoms with Crippen molar-refractivity contribution in [1.82, 2.24) is 4.57 Å². The van der Waals surface area contributed by atoms with Crippen molar-refractivity contribution in [2.75, 3.05) is 13.7 Å². The first-order valence-electron chi connectivity index (χ1n) is 8.45. The van der Waals surface area contributed by atoms with E-state index >= 15 is 0 Å². The molecule has 0 unspecified atom stereocenters. The zero-order valence-corrected chi connectivity index (χ0v) is 16.1. The molecule has 0 saturated carbocycles. The van der Waals surface area contributed by atoms with E-state index in [1.165, 1.54) is 10.6 Å². The maximum Gasteiger partial charge on any atom is 0.419 e. The number of hydrogen-bond donors (Lipinski definition) is 0. The topological polar surface area (TPSA) is 66.8 Å². The molecule has 26 heavy (non-hydrogen) atoms. The lowest BCUT2D eigenvalue weighted by Crippen LogP contribution is -2.27. The van der Waals surface area contributed by atoms with E-state index in [9.17, 15) is 9.59 Å². The van der Waals surface area contributed by atoms with Crippen LogP contribution >= 0.6 is 0 Å². The maximum absolute atomic E-state index is 12.7. The number of ether oxygens (including phenoxy) is 3. The number of hydrogen-bond acceptors (Lipinski definition) is 5. The predicted octanol–water partition coefficient (Wildman–Crippen LogP) is 4.32. The molecule has 0 N–H and O–H groups in total. The van der Waals surface area contributed by atoms with Gasteiger partial charge in [0, 0.05) is 22.7 Å². The summed E-state index contributed by atoms with van der Waals surface area (Å²) >= 11 is 0. The summed E-state index contributed by atoms with van der Waals surface area (Å²) in [5.41, 5.74) is 1.47. The average molecular weight is 359 g/mol. The molecule has 0 bridgehead atoms. The lowest BCUT2D eigenvalue weighted by molar-refractivity contribution is -0.137. The SMILES string of the molecule is CCOC(=O)/C=C/c1c(C)n(C(=O)OC(C)(C)C)c2ccc(OC)cc12. The number of methoxy groups -OCH3 is 1. The van der Waals surface area contributed by atoms with Crippen LogP contribution in [0.1, 0.15) is 39.0 Å². The number of carbonyl (C=O) groups is 2. The largest absolute Gasteiger partial charge is 0.497 e. The van der Waals surface area contributed by atoms with E-state index in [0.29, 0.717) is 23.6 Å². The fraction of sp³-hybridized carbons (Fsp3) is 0.400. The first kappa shape index (κ1) is 19.6. The number of benzene rings is 1. The molecule has 0 aliphatic heterocycles. The first-order valence-corrected chi connectivity index (χ1v) is 8.45. The molecular weight excluding hydrogens is 334 g/mol.